The van der Waals surface area contributed by atoms with Gasteiger partial charge in [0.05, 0.1) is 0 Å². The highest BCUT2D eigenvalue weighted by atomic mass is 16.6. The minimum atomic E-state index is -0.969. The standard InChI is InChI=1S/C11H21N3O3.C5H6N2O2/c1-11(2,3)17-10(16)14-6-4-8(5-7-14)9(15)13-12;8-5(9)7-3-1-2-6-4-7/h8H,4-7,12H2,1-3H3,(H,13,15);1-3H,4H2,(H,8,9). The van der Waals surface area contributed by atoms with E-state index in [1.54, 1.807) is 17.2 Å². The summed E-state index contributed by atoms with van der Waals surface area (Å²) in [7, 11) is 0. The molecule has 0 aromatic rings. The van der Waals surface area contributed by atoms with Crippen molar-refractivity contribution in [2.75, 3.05) is 19.8 Å². The lowest BCUT2D eigenvalue weighted by Crippen LogP contribution is -2.45. The number of nitrogens with zero attached hydrogens (tertiary/aromatic N) is 3. The van der Waals surface area contributed by atoms with E-state index in [0.29, 0.717) is 25.9 Å². The van der Waals surface area contributed by atoms with Gasteiger partial charge in [-0.2, -0.15) is 0 Å². The highest BCUT2D eigenvalue weighted by molar-refractivity contribution is 5.78. The van der Waals surface area contributed by atoms with Crippen molar-refractivity contribution in [1.82, 2.24) is 15.2 Å². The molecule has 0 bridgehead atoms. The number of rotatable bonds is 1. The third-order valence-electron chi connectivity index (χ3n) is 3.60. The summed E-state index contributed by atoms with van der Waals surface area (Å²) in [6.07, 6.45) is 4.59. The van der Waals surface area contributed by atoms with E-state index >= 15 is 0 Å². The number of nitrogens with two attached hydrogens (primary N) is 1. The second-order valence-corrected chi connectivity index (χ2v) is 6.82. The molecule has 1 saturated heterocycles. The van der Waals surface area contributed by atoms with Gasteiger partial charge in [0.2, 0.25) is 5.91 Å². The van der Waals surface area contributed by atoms with Gasteiger partial charge in [-0.15, -0.1) is 0 Å². The molecule has 2 aliphatic heterocycles. The maximum absolute atomic E-state index is 11.7. The van der Waals surface area contributed by atoms with Gasteiger partial charge in [0.1, 0.15) is 12.3 Å². The zero-order valence-corrected chi connectivity index (χ0v) is 15.3. The molecule has 10 heteroatoms. The fourth-order valence-electron chi connectivity index (χ4n) is 2.28. The lowest BCUT2D eigenvalue weighted by Gasteiger charge is -2.32. The van der Waals surface area contributed by atoms with Gasteiger partial charge in [-0.1, -0.05) is 0 Å². The molecule has 10 nitrogen and oxygen atoms in total. The molecule has 1 fully saturated rings. The summed E-state index contributed by atoms with van der Waals surface area (Å²) in [5.74, 6) is 4.82. The second-order valence-electron chi connectivity index (χ2n) is 6.82. The van der Waals surface area contributed by atoms with Crippen molar-refractivity contribution in [3.8, 4) is 0 Å². The Kier molecular flexibility index (Phi) is 8.04. The van der Waals surface area contributed by atoms with Crippen molar-refractivity contribution in [2.24, 2.45) is 16.8 Å². The van der Waals surface area contributed by atoms with Crippen LogP contribution in [0.3, 0.4) is 0 Å². The van der Waals surface area contributed by atoms with Gasteiger partial charge in [0, 0.05) is 31.4 Å². The number of carbonyl (C=O) groups excluding carboxylic acids is 2. The Morgan fingerprint density at radius 3 is 2.27 bits per heavy atom. The van der Waals surface area contributed by atoms with E-state index in [0.717, 1.165) is 4.90 Å². The zero-order valence-electron chi connectivity index (χ0n) is 15.3. The van der Waals surface area contributed by atoms with E-state index in [1.165, 1.54) is 6.20 Å². The number of hydrogen-bond acceptors (Lipinski definition) is 6. The number of amides is 3. The monoisotopic (exact) mass is 369 g/mol. The van der Waals surface area contributed by atoms with Crippen LogP contribution in [0.5, 0.6) is 0 Å². The van der Waals surface area contributed by atoms with E-state index in [-0.39, 0.29) is 24.6 Å². The number of aliphatic imine (C=N–C) groups is 1. The van der Waals surface area contributed by atoms with Crippen LogP contribution in [0.15, 0.2) is 17.3 Å². The number of hydrogen-bond donors (Lipinski definition) is 3. The second kappa shape index (κ2) is 9.76. The molecule has 3 amide bonds. The molecule has 0 radical (unpaired) electrons. The first-order valence-electron chi connectivity index (χ1n) is 8.28. The third kappa shape index (κ3) is 7.51. The Balaban J connectivity index is 0.000000314. The number of hydrazine groups is 1. The van der Waals surface area contributed by atoms with Gasteiger partial charge in [-0.25, -0.2) is 15.4 Å². The quantitative estimate of drug-likeness (QED) is 0.360. The number of carbonyl (C=O) groups is 3. The van der Waals surface area contributed by atoms with Crippen LogP contribution in [-0.4, -0.2) is 64.6 Å². The van der Waals surface area contributed by atoms with E-state index in [1.807, 2.05) is 20.8 Å². The average molecular weight is 369 g/mol. The number of nitrogens with one attached hydrogen (secondary N) is 1. The normalized spacial score (nSPS) is 17.2. The first kappa shape index (κ1) is 21.4. The predicted octanol–water partition coefficient (Wildman–Crippen LogP) is 1.15. The summed E-state index contributed by atoms with van der Waals surface area (Å²) in [5, 5.41) is 8.34. The number of allylic oxidation sites excluding steroid dienone is 1. The van der Waals surface area contributed by atoms with Gasteiger partial charge in [0.15, 0.2) is 0 Å². The van der Waals surface area contributed by atoms with E-state index < -0.39 is 11.7 Å². The summed E-state index contributed by atoms with van der Waals surface area (Å²) in [5.41, 5.74) is 1.66. The summed E-state index contributed by atoms with van der Waals surface area (Å²) < 4.78 is 5.26. The number of piperidine rings is 1. The summed E-state index contributed by atoms with van der Waals surface area (Å²) >= 11 is 0. The summed E-state index contributed by atoms with van der Waals surface area (Å²) in [6, 6.07) is 0. The first-order chi connectivity index (χ1) is 12.1. The molecule has 2 heterocycles. The van der Waals surface area contributed by atoms with Crippen LogP contribution in [0.1, 0.15) is 33.6 Å². The molecule has 0 aromatic heterocycles. The minimum Gasteiger partial charge on any atom is -0.465 e. The Morgan fingerprint density at radius 2 is 1.88 bits per heavy atom. The van der Waals surface area contributed by atoms with Crippen molar-refractivity contribution in [3.63, 3.8) is 0 Å². The zero-order chi connectivity index (χ0) is 19.7. The molecule has 0 unspecified atom stereocenters. The van der Waals surface area contributed by atoms with Gasteiger partial charge in [-0.05, 0) is 39.7 Å². The average Bonchev–Trinajstić information content (AvgIpc) is 2.61. The third-order valence-corrected chi connectivity index (χ3v) is 3.60. The van der Waals surface area contributed by atoms with E-state index in [4.69, 9.17) is 15.7 Å². The lowest BCUT2D eigenvalue weighted by molar-refractivity contribution is -0.126. The minimum absolute atomic E-state index is 0.0984. The van der Waals surface area contributed by atoms with Crippen LogP contribution in [0.25, 0.3) is 0 Å². The Hall–Kier alpha value is -2.62. The van der Waals surface area contributed by atoms with Crippen molar-refractivity contribution < 1.29 is 24.2 Å². The van der Waals surface area contributed by atoms with Crippen LogP contribution in [0, 0.1) is 5.92 Å². The van der Waals surface area contributed by atoms with E-state index in [2.05, 4.69) is 10.4 Å². The first-order valence-corrected chi connectivity index (χ1v) is 8.28. The van der Waals surface area contributed by atoms with Crippen molar-refractivity contribution >= 4 is 24.3 Å². The molecule has 4 N–H and O–H groups in total. The Bertz CT molecular complexity index is 562. The molecule has 2 rings (SSSR count). The van der Waals surface area contributed by atoms with Gasteiger partial charge in [0.25, 0.3) is 0 Å². The highest BCUT2D eigenvalue weighted by Crippen LogP contribution is 2.19. The molecular weight excluding hydrogens is 342 g/mol. The number of likely N-dealkylation sites (tertiary alicyclic amines) is 1. The molecule has 2 aliphatic rings. The molecule has 0 saturated carbocycles. The lowest BCUT2D eigenvalue weighted by atomic mass is 9.96. The Labute approximate surface area is 152 Å². The fourth-order valence-corrected chi connectivity index (χ4v) is 2.28. The van der Waals surface area contributed by atoms with Gasteiger partial charge in [-0.3, -0.25) is 20.1 Å². The van der Waals surface area contributed by atoms with Crippen molar-refractivity contribution in [3.05, 3.63) is 12.3 Å². The van der Waals surface area contributed by atoms with Crippen LogP contribution in [-0.2, 0) is 9.53 Å². The molecule has 0 aliphatic carbocycles. The van der Waals surface area contributed by atoms with Crippen molar-refractivity contribution in [2.45, 2.75) is 39.2 Å². The van der Waals surface area contributed by atoms with Crippen LogP contribution in [0.2, 0.25) is 0 Å². The van der Waals surface area contributed by atoms with Crippen molar-refractivity contribution in [1.29, 1.82) is 0 Å². The van der Waals surface area contributed by atoms with Crippen LogP contribution in [0.4, 0.5) is 9.59 Å². The van der Waals surface area contributed by atoms with E-state index in [9.17, 15) is 14.4 Å². The summed E-state index contributed by atoms with van der Waals surface area (Å²) in [6.45, 7) is 6.78. The Morgan fingerprint density at radius 1 is 1.27 bits per heavy atom. The number of carboxylic acid groups (broad SMARTS) is 1. The molecule has 146 valence electrons. The maximum Gasteiger partial charge on any atom is 0.412 e. The predicted molar refractivity (Wildman–Crippen MR) is 95.2 cm³/mol. The smallest absolute Gasteiger partial charge is 0.412 e. The van der Waals surface area contributed by atoms with Gasteiger partial charge < -0.3 is 14.7 Å². The maximum atomic E-state index is 11.7. The molecule has 26 heavy (non-hydrogen) atoms. The largest absolute Gasteiger partial charge is 0.465 e. The molecule has 0 atom stereocenters. The van der Waals surface area contributed by atoms with Crippen LogP contribution >= 0.6 is 0 Å². The molecular formula is C16H27N5O5. The SMILES string of the molecule is CC(C)(C)OC(=O)N1CCC(C(=O)NN)CC1.O=C(O)N1C=CC=NC1. The van der Waals surface area contributed by atoms with Crippen LogP contribution < -0.4 is 11.3 Å². The summed E-state index contributed by atoms with van der Waals surface area (Å²) in [4.78, 5) is 39.6. The topological polar surface area (TPSA) is 138 Å². The number of ether oxygens (including phenoxy) is 1. The molecule has 0 aromatic carbocycles. The molecule has 0 spiro atoms. The fraction of sp³-hybridized carbons (Fsp3) is 0.625. The van der Waals surface area contributed by atoms with Gasteiger partial charge >= 0.3 is 12.2 Å². The highest BCUT2D eigenvalue weighted by Gasteiger charge is 2.29.